The van der Waals surface area contributed by atoms with Gasteiger partial charge in [-0.05, 0) is 84.2 Å². The van der Waals surface area contributed by atoms with Gasteiger partial charge in [0.15, 0.2) is 16.7 Å². The van der Waals surface area contributed by atoms with Crippen molar-refractivity contribution in [2.45, 2.75) is 33.4 Å². The van der Waals surface area contributed by atoms with E-state index in [1.54, 1.807) is 6.92 Å². The number of aliphatic imine (C=N–C) groups is 1. The Labute approximate surface area is 225 Å². The maximum Gasteiger partial charge on any atom is 0.338 e. The third-order valence-corrected chi connectivity index (χ3v) is 7.36. The second-order valence-corrected chi connectivity index (χ2v) is 10.5. The molecular weight excluding hydrogens is 631 g/mol. The summed E-state index contributed by atoms with van der Waals surface area (Å²) in [5.41, 5.74) is 3.15. The number of halogens is 2. The first-order valence-electron chi connectivity index (χ1n) is 10.8. The van der Waals surface area contributed by atoms with Crippen molar-refractivity contribution in [1.82, 2.24) is 4.90 Å². The number of ether oxygens (including phenoxy) is 3. The van der Waals surface area contributed by atoms with Crippen LogP contribution in [0.5, 0.6) is 11.5 Å². The predicted molar refractivity (Wildman–Crippen MR) is 147 cm³/mol. The summed E-state index contributed by atoms with van der Waals surface area (Å²) in [6, 6.07) is 11.6. The number of fused-ring (bicyclic) bond motifs is 1. The molecule has 2 aromatic carbocycles. The lowest BCUT2D eigenvalue weighted by Crippen LogP contribution is -2.34. The molecule has 2 aliphatic heterocycles. The lowest BCUT2D eigenvalue weighted by molar-refractivity contribution is -0.139. The second kappa shape index (κ2) is 11.2. The Kier molecular flexibility index (Phi) is 8.26. The molecule has 0 spiro atoms. The Balaban J connectivity index is 1.72. The van der Waals surface area contributed by atoms with Crippen molar-refractivity contribution in [3.8, 4) is 11.5 Å². The van der Waals surface area contributed by atoms with Crippen LogP contribution in [0.15, 0.2) is 68.7 Å². The van der Waals surface area contributed by atoms with E-state index in [9.17, 15) is 4.79 Å². The summed E-state index contributed by atoms with van der Waals surface area (Å²) in [6.45, 7) is 6.81. The molecule has 1 atom stereocenters. The largest absolute Gasteiger partial charge is 0.490 e. The summed E-state index contributed by atoms with van der Waals surface area (Å²) in [7, 11) is 0. The van der Waals surface area contributed by atoms with E-state index in [0.29, 0.717) is 42.6 Å². The highest BCUT2D eigenvalue weighted by molar-refractivity contribution is 14.1. The molecular formula is C25H24BrIN2O4S. The van der Waals surface area contributed by atoms with Crippen LogP contribution in [-0.2, 0) is 16.1 Å². The Morgan fingerprint density at radius 3 is 2.65 bits per heavy atom. The number of thioether (sulfide) groups is 1. The van der Waals surface area contributed by atoms with Gasteiger partial charge < -0.3 is 19.1 Å². The van der Waals surface area contributed by atoms with Crippen LogP contribution in [-0.4, -0.2) is 29.3 Å². The molecule has 0 bridgehead atoms. The summed E-state index contributed by atoms with van der Waals surface area (Å²) in [4.78, 5) is 19.6. The zero-order valence-corrected chi connectivity index (χ0v) is 23.6. The zero-order chi connectivity index (χ0) is 24.2. The molecule has 6 nitrogen and oxygen atoms in total. The Bertz CT molecular complexity index is 1180. The van der Waals surface area contributed by atoms with Crippen molar-refractivity contribution < 1.29 is 19.0 Å². The Morgan fingerprint density at radius 2 is 1.94 bits per heavy atom. The Morgan fingerprint density at radius 1 is 1.18 bits per heavy atom. The number of amidine groups is 1. The van der Waals surface area contributed by atoms with E-state index in [1.807, 2.05) is 66.8 Å². The maximum absolute atomic E-state index is 13.0. The molecule has 0 fully saturated rings. The van der Waals surface area contributed by atoms with Crippen LogP contribution in [0.25, 0.3) is 0 Å². The van der Waals surface area contributed by atoms with Crippen LogP contribution in [0.1, 0.15) is 37.9 Å². The van der Waals surface area contributed by atoms with Crippen LogP contribution < -0.4 is 9.47 Å². The molecule has 0 unspecified atom stereocenters. The maximum atomic E-state index is 13.0. The van der Waals surface area contributed by atoms with Crippen molar-refractivity contribution in [2.24, 2.45) is 4.99 Å². The molecule has 0 aromatic heterocycles. The molecule has 0 saturated heterocycles. The van der Waals surface area contributed by atoms with E-state index < -0.39 is 0 Å². The molecule has 0 saturated carbocycles. The fraction of sp³-hybridized carbons (Fsp3) is 0.280. The highest BCUT2D eigenvalue weighted by atomic mass is 127. The van der Waals surface area contributed by atoms with Crippen LogP contribution in [0.2, 0.25) is 0 Å². The van der Waals surface area contributed by atoms with Gasteiger partial charge in [0.2, 0.25) is 0 Å². The normalized spacial score (nSPS) is 16.9. The summed E-state index contributed by atoms with van der Waals surface area (Å²) < 4.78 is 19.5. The third kappa shape index (κ3) is 5.31. The van der Waals surface area contributed by atoms with Gasteiger partial charge in [-0.25, -0.2) is 9.79 Å². The van der Waals surface area contributed by atoms with E-state index in [2.05, 4.69) is 43.5 Å². The number of carbonyl (C=O) groups excluding carboxylic acids is 1. The van der Waals surface area contributed by atoms with Gasteiger partial charge >= 0.3 is 5.97 Å². The third-order valence-electron chi connectivity index (χ3n) is 5.26. The minimum absolute atomic E-state index is 0.300. The quantitative estimate of drug-likeness (QED) is 0.231. The van der Waals surface area contributed by atoms with Gasteiger partial charge in [-0.1, -0.05) is 39.8 Å². The predicted octanol–water partition coefficient (Wildman–Crippen LogP) is 6.80. The first-order valence-corrected chi connectivity index (χ1v) is 13.6. The second-order valence-electron chi connectivity index (χ2n) is 7.50. The molecule has 0 aliphatic carbocycles. The van der Waals surface area contributed by atoms with Crippen molar-refractivity contribution in [3.05, 3.63) is 78.4 Å². The summed E-state index contributed by atoms with van der Waals surface area (Å²) in [5.74, 6) is 0.965. The average Bonchev–Trinajstić information content (AvgIpc) is 3.27. The first-order chi connectivity index (χ1) is 16.4. The SMILES string of the molecule is CCOC(=O)C1=C(C)N=C2SC=CN2[C@H]1c1cc(I)c(OCc2ccc(Br)cc2)c(OCC)c1. The molecule has 178 valence electrons. The average molecular weight is 655 g/mol. The van der Waals surface area contributed by atoms with Crippen molar-refractivity contribution in [1.29, 1.82) is 0 Å². The molecule has 0 amide bonds. The molecule has 0 radical (unpaired) electrons. The van der Waals surface area contributed by atoms with E-state index in [4.69, 9.17) is 14.2 Å². The molecule has 2 heterocycles. The van der Waals surface area contributed by atoms with Gasteiger partial charge in [-0.2, -0.15) is 0 Å². The minimum Gasteiger partial charge on any atom is -0.490 e. The number of nitrogens with zero attached hydrogens (tertiary/aromatic N) is 2. The summed E-state index contributed by atoms with van der Waals surface area (Å²) in [6.07, 6.45) is 1.95. The summed E-state index contributed by atoms with van der Waals surface area (Å²) >= 11 is 7.26. The molecule has 34 heavy (non-hydrogen) atoms. The molecule has 2 aliphatic rings. The van der Waals surface area contributed by atoms with E-state index in [-0.39, 0.29) is 12.0 Å². The molecule has 2 aromatic rings. The fourth-order valence-corrected chi connectivity index (χ4v) is 5.62. The number of benzene rings is 2. The number of carbonyl (C=O) groups is 1. The lowest BCUT2D eigenvalue weighted by Gasteiger charge is -2.33. The van der Waals surface area contributed by atoms with Crippen LogP contribution in [0.3, 0.4) is 0 Å². The highest BCUT2D eigenvalue weighted by Gasteiger charge is 2.38. The minimum atomic E-state index is -0.369. The van der Waals surface area contributed by atoms with Crippen molar-refractivity contribution >= 4 is 61.4 Å². The topological polar surface area (TPSA) is 60.4 Å². The van der Waals surface area contributed by atoms with Gasteiger partial charge in [0.05, 0.1) is 34.1 Å². The van der Waals surface area contributed by atoms with E-state index in [1.165, 1.54) is 11.8 Å². The van der Waals surface area contributed by atoms with Crippen molar-refractivity contribution in [2.75, 3.05) is 13.2 Å². The Hall–Kier alpha value is -1.98. The zero-order valence-electron chi connectivity index (χ0n) is 19.0. The van der Waals surface area contributed by atoms with E-state index in [0.717, 1.165) is 24.3 Å². The highest BCUT2D eigenvalue weighted by Crippen LogP contribution is 2.44. The number of hydrogen-bond donors (Lipinski definition) is 0. The lowest BCUT2D eigenvalue weighted by atomic mass is 9.94. The monoisotopic (exact) mass is 654 g/mol. The molecule has 9 heteroatoms. The molecule has 4 rings (SSSR count). The van der Waals surface area contributed by atoms with Crippen LogP contribution in [0.4, 0.5) is 0 Å². The van der Waals surface area contributed by atoms with Crippen LogP contribution in [0, 0.1) is 3.57 Å². The first kappa shape index (κ1) is 25.1. The van der Waals surface area contributed by atoms with Gasteiger partial charge in [0.1, 0.15) is 6.61 Å². The number of allylic oxidation sites excluding steroid dienone is 1. The smallest absolute Gasteiger partial charge is 0.338 e. The van der Waals surface area contributed by atoms with Gasteiger partial charge in [0, 0.05) is 10.7 Å². The fourth-order valence-electron chi connectivity index (χ4n) is 3.78. The van der Waals surface area contributed by atoms with Crippen LogP contribution >= 0.6 is 50.3 Å². The van der Waals surface area contributed by atoms with Gasteiger partial charge in [-0.15, -0.1) is 0 Å². The number of hydrogen-bond acceptors (Lipinski definition) is 7. The van der Waals surface area contributed by atoms with E-state index >= 15 is 0 Å². The molecule has 0 N–H and O–H groups in total. The summed E-state index contributed by atoms with van der Waals surface area (Å²) in [5, 5.41) is 2.80. The van der Waals surface area contributed by atoms with Crippen molar-refractivity contribution in [3.63, 3.8) is 0 Å². The number of esters is 1. The number of rotatable bonds is 8. The van der Waals surface area contributed by atoms with Gasteiger partial charge in [0.25, 0.3) is 0 Å². The standard InChI is InChI=1S/C25H24BrIN2O4S/c1-4-31-20-13-17(12-19(27)23(20)33-14-16-6-8-18(26)9-7-16)22-21(24(30)32-5-2)15(3)28-25-29(22)10-11-34-25/h6-13,22H,4-5,14H2,1-3H3/t22-/m0/s1. The van der Waals surface area contributed by atoms with Gasteiger partial charge in [-0.3, -0.25) is 0 Å².